The summed E-state index contributed by atoms with van der Waals surface area (Å²) in [5, 5.41) is 4.30. The molecule has 0 atom stereocenters. The molecule has 0 bridgehead atoms. The monoisotopic (exact) mass is 421 g/mol. The van der Waals surface area contributed by atoms with E-state index in [1.54, 1.807) is 7.05 Å². The molecule has 9 nitrogen and oxygen atoms in total. The number of para-hydroxylation sites is 1. The van der Waals surface area contributed by atoms with Crippen LogP contribution in [0.5, 0.6) is 0 Å². The molecule has 31 heavy (non-hydrogen) atoms. The van der Waals surface area contributed by atoms with Gasteiger partial charge in [-0.25, -0.2) is 4.98 Å². The minimum Gasteiger partial charge on any atom is -0.456 e. The molecular weight excluding hydrogens is 398 g/mol. The van der Waals surface area contributed by atoms with Crippen LogP contribution < -0.4 is 10.5 Å². The van der Waals surface area contributed by atoms with Crippen molar-refractivity contribution in [2.24, 2.45) is 7.05 Å². The summed E-state index contributed by atoms with van der Waals surface area (Å²) in [7, 11) is 3.59. The molecule has 3 heterocycles. The number of likely N-dealkylation sites (N-methyl/N-ethyl adjacent to an activating group) is 1. The quantitative estimate of drug-likeness (QED) is 0.455. The SMILES string of the molecule is CN1/C(=C\C(=O)COC(=O)Cn2cnc3c(cnn3C)c2=O)C(C)(C)c2ccccc21. The van der Waals surface area contributed by atoms with E-state index in [9.17, 15) is 14.4 Å². The van der Waals surface area contributed by atoms with Gasteiger partial charge in [-0.2, -0.15) is 5.10 Å². The van der Waals surface area contributed by atoms with Crippen LogP contribution in [0, 0.1) is 0 Å². The van der Waals surface area contributed by atoms with Gasteiger partial charge in [0.25, 0.3) is 5.56 Å². The van der Waals surface area contributed by atoms with Gasteiger partial charge in [0.2, 0.25) is 0 Å². The average Bonchev–Trinajstić information content (AvgIpc) is 3.21. The lowest BCUT2D eigenvalue weighted by Gasteiger charge is -2.23. The zero-order valence-electron chi connectivity index (χ0n) is 17.8. The standard InChI is InChI=1S/C22H23N5O4/c1-22(2)16-7-5-6-8-17(16)25(3)18(22)9-14(28)12-31-19(29)11-27-13-23-20-15(21(27)30)10-24-26(20)4/h5-10,13H,11-12H2,1-4H3/b18-9-. The molecule has 0 radical (unpaired) electrons. The zero-order valence-corrected chi connectivity index (χ0v) is 17.8. The van der Waals surface area contributed by atoms with Crippen LogP contribution in [0.25, 0.3) is 11.0 Å². The molecule has 0 amide bonds. The fourth-order valence-corrected chi connectivity index (χ4v) is 3.97. The summed E-state index contributed by atoms with van der Waals surface area (Å²) in [6.07, 6.45) is 4.19. The van der Waals surface area contributed by atoms with Gasteiger partial charge in [-0.3, -0.25) is 23.6 Å². The van der Waals surface area contributed by atoms with Gasteiger partial charge in [-0.05, 0) is 11.6 Å². The van der Waals surface area contributed by atoms with E-state index >= 15 is 0 Å². The van der Waals surface area contributed by atoms with Gasteiger partial charge in [0.15, 0.2) is 18.0 Å². The number of carbonyl (C=O) groups excluding carboxylic acids is 2. The number of anilines is 1. The minimum absolute atomic E-state index is 0.310. The number of allylic oxidation sites excluding steroid dienone is 1. The Morgan fingerprint density at radius 2 is 1.94 bits per heavy atom. The number of nitrogens with zero attached hydrogens (tertiary/aromatic N) is 5. The van der Waals surface area contributed by atoms with Gasteiger partial charge in [-0.15, -0.1) is 0 Å². The summed E-state index contributed by atoms with van der Waals surface area (Å²) in [4.78, 5) is 43.3. The summed E-state index contributed by atoms with van der Waals surface area (Å²) in [5.74, 6) is -1.02. The van der Waals surface area contributed by atoms with Crippen molar-refractivity contribution < 1.29 is 14.3 Å². The Hall–Kier alpha value is -3.75. The molecule has 0 N–H and O–H groups in total. The Labute approximate surface area is 178 Å². The molecule has 0 fully saturated rings. The van der Waals surface area contributed by atoms with Crippen molar-refractivity contribution in [1.82, 2.24) is 19.3 Å². The number of benzene rings is 1. The molecule has 2 aromatic heterocycles. The molecule has 1 aromatic carbocycles. The van der Waals surface area contributed by atoms with E-state index in [1.807, 2.05) is 36.2 Å². The molecule has 160 valence electrons. The Morgan fingerprint density at radius 1 is 1.19 bits per heavy atom. The summed E-state index contributed by atoms with van der Waals surface area (Å²) in [5.41, 5.74) is 2.70. The molecule has 0 spiro atoms. The molecule has 4 rings (SSSR count). The predicted octanol–water partition coefficient (Wildman–Crippen LogP) is 1.55. The van der Waals surface area contributed by atoms with Crippen molar-refractivity contribution in [3.8, 4) is 0 Å². The molecule has 0 unspecified atom stereocenters. The van der Waals surface area contributed by atoms with Gasteiger partial charge in [0, 0.05) is 37.0 Å². The van der Waals surface area contributed by atoms with Gasteiger partial charge in [-0.1, -0.05) is 32.0 Å². The molecule has 3 aromatic rings. The second kappa shape index (κ2) is 7.50. The summed E-state index contributed by atoms with van der Waals surface area (Å²) in [6, 6.07) is 7.98. The van der Waals surface area contributed by atoms with Crippen molar-refractivity contribution in [3.05, 3.63) is 64.5 Å². The van der Waals surface area contributed by atoms with E-state index in [-0.39, 0.29) is 17.7 Å². The molecule has 0 aliphatic carbocycles. The number of ketones is 1. The van der Waals surface area contributed by atoms with Crippen LogP contribution in [-0.4, -0.2) is 44.7 Å². The van der Waals surface area contributed by atoms with E-state index in [0.29, 0.717) is 11.0 Å². The highest BCUT2D eigenvalue weighted by Crippen LogP contribution is 2.46. The topological polar surface area (TPSA) is 99.3 Å². The zero-order chi connectivity index (χ0) is 22.3. The van der Waals surface area contributed by atoms with Crippen molar-refractivity contribution >= 4 is 28.5 Å². The van der Waals surface area contributed by atoms with E-state index in [0.717, 1.165) is 21.5 Å². The van der Waals surface area contributed by atoms with Crippen molar-refractivity contribution in [1.29, 1.82) is 0 Å². The maximum Gasteiger partial charge on any atom is 0.326 e. The Balaban J connectivity index is 1.43. The maximum atomic E-state index is 12.5. The van der Waals surface area contributed by atoms with E-state index in [1.165, 1.54) is 23.3 Å². The lowest BCUT2D eigenvalue weighted by molar-refractivity contribution is -0.147. The van der Waals surface area contributed by atoms with Crippen LogP contribution in [0.15, 0.2) is 53.4 Å². The van der Waals surface area contributed by atoms with E-state index in [4.69, 9.17) is 4.74 Å². The number of hydrogen-bond acceptors (Lipinski definition) is 7. The molecule has 0 saturated heterocycles. The van der Waals surface area contributed by atoms with Crippen LogP contribution >= 0.6 is 0 Å². The number of ether oxygens (including phenoxy) is 1. The lowest BCUT2D eigenvalue weighted by atomic mass is 9.83. The molecule has 0 saturated carbocycles. The second-order valence-electron chi connectivity index (χ2n) is 8.04. The maximum absolute atomic E-state index is 12.5. The highest BCUT2D eigenvalue weighted by molar-refractivity contribution is 5.94. The molecule has 1 aliphatic heterocycles. The number of rotatable bonds is 5. The number of hydrogen-bond donors (Lipinski definition) is 0. The van der Waals surface area contributed by atoms with Crippen molar-refractivity contribution in [2.45, 2.75) is 25.8 Å². The minimum atomic E-state index is -0.693. The third kappa shape index (κ3) is 3.52. The fourth-order valence-electron chi connectivity index (χ4n) is 3.97. The smallest absolute Gasteiger partial charge is 0.326 e. The highest BCUT2D eigenvalue weighted by atomic mass is 16.5. The second-order valence-corrected chi connectivity index (χ2v) is 8.04. The highest BCUT2D eigenvalue weighted by Gasteiger charge is 2.38. The van der Waals surface area contributed by atoms with Crippen LogP contribution in [0.4, 0.5) is 5.69 Å². The van der Waals surface area contributed by atoms with Gasteiger partial charge in [0.1, 0.15) is 18.3 Å². The summed E-state index contributed by atoms with van der Waals surface area (Å²) in [6.45, 7) is 3.36. The largest absolute Gasteiger partial charge is 0.456 e. The first-order valence-corrected chi connectivity index (χ1v) is 9.81. The number of fused-ring (bicyclic) bond motifs is 2. The van der Waals surface area contributed by atoms with Crippen LogP contribution in [-0.2, 0) is 33.3 Å². The first-order valence-electron chi connectivity index (χ1n) is 9.81. The molecular formula is C22H23N5O4. The Morgan fingerprint density at radius 3 is 2.68 bits per heavy atom. The first-order chi connectivity index (χ1) is 14.7. The van der Waals surface area contributed by atoms with Gasteiger partial charge in [0.05, 0.1) is 6.20 Å². The number of aromatic nitrogens is 4. The third-order valence-electron chi connectivity index (χ3n) is 5.63. The first kappa shape index (κ1) is 20.5. The number of esters is 1. The predicted molar refractivity (Wildman–Crippen MR) is 115 cm³/mol. The third-order valence-corrected chi connectivity index (χ3v) is 5.63. The van der Waals surface area contributed by atoms with Gasteiger partial charge < -0.3 is 9.64 Å². The van der Waals surface area contributed by atoms with E-state index < -0.39 is 18.1 Å². The Bertz CT molecular complexity index is 1280. The number of carbonyl (C=O) groups is 2. The van der Waals surface area contributed by atoms with Gasteiger partial charge >= 0.3 is 5.97 Å². The summed E-state index contributed by atoms with van der Waals surface area (Å²) < 4.78 is 7.73. The fraction of sp³-hybridized carbons (Fsp3) is 0.318. The Kier molecular flexibility index (Phi) is 4.96. The molecule has 9 heteroatoms. The van der Waals surface area contributed by atoms with Crippen LogP contribution in [0.1, 0.15) is 19.4 Å². The lowest BCUT2D eigenvalue weighted by Crippen LogP contribution is -2.27. The number of aryl methyl sites for hydroxylation is 1. The van der Waals surface area contributed by atoms with Crippen molar-refractivity contribution in [2.75, 3.05) is 18.6 Å². The van der Waals surface area contributed by atoms with E-state index in [2.05, 4.69) is 23.9 Å². The normalized spacial score (nSPS) is 16.0. The summed E-state index contributed by atoms with van der Waals surface area (Å²) >= 11 is 0. The molecule has 1 aliphatic rings. The van der Waals surface area contributed by atoms with Crippen molar-refractivity contribution in [3.63, 3.8) is 0 Å². The van der Waals surface area contributed by atoms with Crippen LogP contribution in [0.3, 0.4) is 0 Å². The average molecular weight is 421 g/mol. The van der Waals surface area contributed by atoms with Crippen LogP contribution in [0.2, 0.25) is 0 Å².